The number of amides is 1. The average Bonchev–Trinajstić information content (AvgIpc) is 3.06. The molecule has 0 aliphatic carbocycles. The Kier molecular flexibility index (Phi) is 4.36. The van der Waals surface area contributed by atoms with Crippen molar-refractivity contribution >= 4 is 11.7 Å². The highest BCUT2D eigenvalue weighted by Gasteiger charge is 2.38. The second-order valence-electron chi connectivity index (χ2n) is 6.46. The Hall–Kier alpha value is -3.20. The molecular formula is C23H20N2O. The van der Waals surface area contributed by atoms with Gasteiger partial charge in [-0.05, 0) is 24.6 Å². The number of hydrogen-bond acceptors (Lipinski definition) is 2. The van der Waals surface area contributed by atoms with Gasteiger partial charge in [0.2, 0.25) is 0 Å². The molecule has 128 valence electrons. The Bertz CT molecular complexity index is 920. The van der Waals surface area contributed by atoms with Crippen molar-refractivity contribution in [3.63, 3.8) is 0 Å². The van der Waals surface area contributed by atoms with E-state index < -0.39 is 0 Å². The van der Waals surface area contributed by atoms with Gasteiger partial charge in [-0.25, -0.2) is 0 Å². The molecular weight excluding hydrogens is 320 g/mol. The zero-order chi connectivity index (χ0) is 17.9. The van der Waals surface area contributed by atoms with Gasteiger partial charge in [-0.2, -0.15) is 0 Å². The van der Waals surface area contributed by atoms with Gasteiger partial charge in [0.25, 0.3) is 5.91 Å². The van der Waals surface area contributed by atoms with Crippen LogP contribution in [0.3, 0.4) is 0 Å². The van der Waals surface area contributed by atoms with E-state index in [1.807, 2.05) is 83.8 Å². The van der Waals surface area contributed by atoms with Crippen molar-refractivity contribution in [3.05, 3.63) is 108 Å². The zero-order valence-corrected chi connectivity index (χ0v) is 14.6. The molecule has 3 aromatic rings. The second kappa shape index (κ2) is 6.96. The molecule has 0 N–H and O–H groups in total. The highest BCUT2D eigenvalue weighted by Crippen LogP contribution is 2.34. The molecule has 1 heterocycles. The number of benzene rings is 3. The van der Waals surface area contributed by atoms with E-state index in [0.717, 1.165) is 17.0 Å². The maximum absolute atomic E-state index is 13.3. The minimum atomic E-state index is -0.0703. The van der Waals surface area contributed by atoms with E-state index in [-0.39, 0.29) is 18.0 Å². The maximum Gasteiger partial charge on any atom is 0.259 e. The number of rotatable bonds is 3. The molecule has 0 radical (unpaired) electrons. The predicted octanol–water partition coefficient (Wildman–Crippen LogP) is 4.72. The molecule has 0 unspecified atom stereocenters. The van der Waals surface area contributed by atoms with E-state index in [1.165, 1.54) is 0 Å². The molecule has 0 fully saturated rings. The van der Waals surface area contributed by atoms with Gasteiger partial charge in [-0.3, -0.25) is 14.7 Å². The Labute approximate surface area is 153 Å². The smallest absolute Gasteiger partial charge is 0.259 e. The van der Waals surface area contributed by atoms with Crippen LogP contribution in [0.15, 0.2) is 96.0 Å². The summed E-state index contributed by atoms with van der Waals surface area (Å²) in [6.45, 7) is 2.07. The highest BCUT2D eigenvalue weighted by molar-refractivity contribution is 6.14. The van der Waals surface area contributed by atoms with Crippen molar-refractivity contribution in [1.82, 2.24) is 4.90 Å². The van der Waals surface area contributed by atoms with Crippen molar-refractivity contribution < 1.29 is 4.79 Å². The van der Waals surface area contributed by atoms with Gasteiger partial charge in [0.15, 0.2) is 0 Å². The molecule has 0 bridgehead atoms. The lowest BCUT2D eigenvalue weighted by atomic mass is 10.0. The number of hydrogen-bond donors (Lipinski definition) is 0. The number of carbonyl (C=O) groups is 1. The first-order valence-corrected chi connectivity index (χ1v) is 8.82. The zero-order valence-electron chi connectivity index (χ0n) is 14.6. The molecule has 26 heavy (non-hydrogen) atoms. The van der Waals surface area contributed by atoms with Gasteiger partial charge < -0.3 is 0 Å². The van der Waals surface area contributed by atoms with E-state index in [9.17, 15) is 4.79 Å². The summed E-state index contributed by atoms with van der Waals surface area (Å²) in [6.07, 6.45) is 0. The van der Waals surface area contributed by atoms with E-state index in [1.54, 1.807) is 0 Å². The topological polar surface area (TPSA) is 32.7 Å². The summed E-state index contributed by atoms with van der Waals surface area (Å²) in [5.74, 6) is 0.722. The van der Waals surface area contributed by atoms with Gasteiger partial charge in [0.05, 0.1) is 12.1 Å². The normalized spacial score (nSPS) is 19.3. The van der Waals surface area contributed by atoms with Gasteiger partial charge in [0.1, 0.15) is 5.84 Å². The molecule has 2 atom stereocenters. The van der Waals surface area contributed by atoms with E-state index >= 15 is 0 Å². The lowest BCUT2D eigenvalue weighted by Gasteiger charge is -2.26. The van der Waals surface area contributed by atoms with Crippen molar-refractivity contribution in [1.29, 1.82) is 0 Å². The summed E-state index contributed by atoms with van der Waals surface area (Å²) < 4.78 is 0. The first-order valence-electron chi connectivity index (χ1n) is 8.82. The predicted molar refractivity (Wildman–Crippen MR) is 104 cm³/mol. The lowest BCUT2D eigenvalue weighted by Crippen LogP contribution is -2.41. The molecule has 0 spiro atoms. The van der Waals surface area contributed by atoms with Gasteiger partial charge >= 0.3 is 0 Å². The highest BCUT2D eigenvalue weighted by atomic mass is 16.2. The van der Waals surface area contributed by atoms with Crippen LogP contribution in [0, 0.1) is 0 Å². The van der Waals surface area contributed by atoms with Crippen LogP contribution in [-0.4, -0.2) is 22.7 Å². The third kappa shape index (κ3) is 2.92. The van der Waals surface area contributed by atoms with Crippen LogP contribution in [-0.2, 0) is 0 Å². The summed E-state index contributed by atoms with van der Waals surface area (Å²) in [7, 11) is 0. The molecule has 3 nitrogen and oxygen atoms in total. The van der Waals surface area contributed by atoms with Crippen LogP contribution in [0.2, 0.25) is 0 Å². The monoisotopic (exact) mass is 340 g/mol. The molecule has 1 aliphatic rings. The van der Waals surface area contributed by atoms with Gasteiger partial charge in [0, 0.05) is 11.1 Å². The largest absolute Gasteiger partial charge is 0.287 e. The summed E-state index contributed by atoms with van der Waals surface area (Å²) in [4.78, 5) is 20.1. The van der Waals surface area contributed by atoms with Crippen LogP contribution in [0.4, 0.5) is 0 Å². The average molecular weight is 340 g/mol. The Balaban J connectivity index is 1.78. The molecule has 0 saturated heterocycles. The van der Waals surface area contributed by atoms with Crippen LogP contribution in [0.1, 0.15) is 34.5 Å². The molecule has 1 amide bonds. The Morgan fingerprint density at radius 2 is 1.35 bits per heavy atom. The van der Waals surface area contributed by atoms with Crippen molar-refractivity contribution in [2.75, 3.05) is 0 Å². The van der Waals surface area contributed by atoms with E-state index in [2.05, 4.69) is 19.1 Å². The van der Waals surface area contributed by atoms with E-state index in [4.69, 9.17) is 4.99 Å². The first-order chi connectivity index (χ1) is 12.8. The lowest BCUT2D eigenvalue weighted by molar-refractivity contribution is 0.0815. The Morgan fingerprint density at radius 3 is 1.96 bits per heavy atom. The fourth-order valence-corrected chi connectivity index (χ4v) is 3.44. The van der Waals surface area contributed by atoms with Crippen LogP contribution < -0.4 is 0 Å². The molecule has 0 saturated carbocycles. The molecule has 0 aromatic heterocycles. The maximum atomic E-state index is 13.3. The fourth-order valence-electron chi connectivity index (χ4n) is 3.44. The molecule has 4 rings (SSSR count). The summed E-state index contributed by atoms with van der Waals surface area (Å²) in [6, 6.07) is 29.4. The minimum Gasteiger partial charge on any atom is -0.287 e. The summed E-state index contributed by atoms with van der Waals surface area (Å²) in [5.41, 5.74) is 2.76. The summed E-state index contributed by atoms with van der Waals surface area (Å²) in [5, 5.41) is 0. The number of amidine groups is 1. The van der Waals surface area contributed by atoms with Crippen molar-refractivity contribution in [3.8, 4) is 0 Å². The number of aliphatic imine (C=N–C) groups is 1. The summed E-state index contributed by atoms with van der Waals surface area (Å²) >= 11 is 0. The fraction of sp³-hybridized carbons (Fsp3) is 0.130. The van der Waals surface area contributed by atoms with Crippen molar-refractivity contribution in [2.45, 2.75) is 19.0 Å². The van der Waals surface area contributed by atoms with E-state index in [0.29, 0.717) is 5.56 Å². The molecule has 3 aromatic carbocycles. The number of carbonyl (C=O) groups excluding carboxylic acids is 1. The minimum absolute atomic E-state index is 0.0147. The SMILES string of the molecule is C[C@@H]1[C@H](c2ccccc2)N=C(c2ccccc2)N1C(=O)c1ccccc1. The first kappa shape index (κ1) is 16.3. The van der Waals surface area contributed by atoms with Crippen molar-refractivity contribution in [2.24, 2.45) is 4.99 Å². The third-order valence-corrected chi connectivity index (χ3v) is 4.77. The van der Waals surface area contributed by atoms with Crippen LogP contribution in [0.25, 0.3) is 0 Å². The van der Waals surface area contributed by atoms with Gasteiger partial charge in [-0.15, -0.1) is 0 Å². The van der Waals surface area contributed by atoms with Crippen LogP contribution in [0.5, 0.6) is 0 Å². The van der Waals surface area contributed by atoms with Gasteiger partial charge in [-0.1, -0.05) is 78.9 Å². The Morgan fingerprint density at radius 1 is 0.808 bits per heavy atom. The molecule has 3 heteroatoms. The standard InChI is InChI=1S/C23H20N2O/c1-17-21(18-11-5-2-6-12-18)24-22(19-13-7-3-8-14-19)25(17)23(26)20-15-9-4-10-16-20/h2-17,21H,1H3/t17-,21-/m1/s1. The number of nitrogens with zero attached hydrogens (tertiary/aromatic N) is 2. The quantitative estimate of drug-likeness (QED) is 0.679. The van der Waals surface area contributed by atoms with Crippen LogP contribution >= 0.6 is 0 Å². The third-order valence-electron chi connectivity index (χ3n) is 4.77. The second-order valence-corrected chi connectivity index (χ2v) is 6.46. The molecule has 1 aliphatic heterocycles.